The smallest absolute Gasteiger partial charge is 0.345 e. The van der Waals surface area contributed by atoms with Crippen molar-refractivity contribution in [3.8, 4) is 0 Å². The average Bonchev–Trinajstić information content (AvgIpc) is 2.39. The van der Waals surface area contributed by atoms with Crippen LogP contribution in [0.4, 0.5) is 0 Å². The van der Waals surface area contributed by atoms with Crippen molar-refractivity contribution in [2.45, 2.75) is 11.8 Å². The number of aliphatic hydroxyl groups excluding tert-OH is 1. The van der Waals surface area contributed by atoms with E-state index < -0.39 is 11.8 Å². The van der Waals surface area contributed by atoms with E-state index in [9.17, 15) is 9.59 Å². The van der Waals surface area contributed by atoms with Crippen molar-refractivity contribution in [1.82, 2.24) is 0 Å². The van der Waals surface area contributed by atoms with Crippen molar-refractivity contribution in [2.24, 2.45) is 0 Å². The summed E-state index contributed by atoms with van der Waals surface area (Å²) >= 11 is 3.48. The Morgan fingerprint density at radius 1 is 1.45 bits per heavy atom. The molecule has 1 aromatic carbocycles. The summed E-state index contributed by atoms with van der Waals surface area (Å²) in [4.78, 5) is 24.6. The van der Waals surface area contributed by atoms with Gasteiger partial charge in [0.25, 0.3) is 0 Å². The molecule has 0 saturated carbocycles. The third-order valence-electron chi connectivity index (χ3n) is 2.28. The standard InChI is InChI=1S/C13H13IO4S.Y/c1-3-18-13(17)10(7-15)12(16)9-6-8(14)4-5-11(9)19-2;/h4-7,15H,3H2,1-2H3;/b10-7+;. The monoisotopic (exact) mass is 481 g/mol. The number of benzene rings is 1. The number of ether oxygens (including phenoxy) is 1. The number of hydrogen-bond acceptors (Lipinski definition) is 5. The minimum Gasteiger partial charge on any atom is -0.515 e. The largest absolute Gasteiger partial charge is 0.515 e. The van der Waals surface area contributed by atoms with Crippen LogP contribution in [0.25, 0.3) is 0 Å². The minimum atomic E-state index is -0.819. The summed E-state index contributed by atoms with van der Waals surface area (Å²) in [6.45, 7) is 1.78. The van der Waals surface area contributed by atoms with Crippen molar-refractivity contribution in [2.75, 3.05) is 12.9 Å². The van der Waals surface area contributed by atoms with Crippen LogP contribution in [0.3, 0.4) is 0 Å². The van der Waals surface area contributed by atoms with Gasteiger partial charge in [-0.25, -0.2) is 4.79 Å². The number of carbonyl (C=O) groups is 2. The molecule has 0 amide bonds. The summed E-state index contributed by atoms with van der Waals surface area (Å²) in [5, 5.41) is 9.10. The van der Waals surface area contributed by atoms with Gasteiger partial charge in [0.1, 0.15) is 5.57 Å². The van der Waals surface area contributed by atoms with Gasteiger partial charge in [0.15, 0.2) is 0 Å². The summed E-state index contributed by atoms with van der Waals surface area (Å²) < 4.78 is 5.62. The van der Waals surface area contributed by atoms with Crippen LogP contribution in [-0.2, 0) is 42.2 Å². The van der Waals surface area contributed by atoms with Gasteiger partial charge >= 0.3 is 5.97 Å². The molecular weight excluding hydrogens is 468 g/mol. The van der Waals surface area contributed by atoms with E-state index in [1.54, 1.807) is 19.1 Å². The van der Waals surface area contributed by atoms with Crippen molar-refractivity contribution >= 4 is 46.1 Å². The van der Waals surface area contributed by atoms with Gasteiger partial charge in [-0.05, 0) is 54.0 Å². The van der Waals surface area contributed by atoms with Gasteiger partial charge in [-0.1, -0.05) is 0 Å². The molecule has 20 heavy (non-hydrogen) atoms. The van der Waals surface area contributed by atoms with Crippen molar-refractivity contribution in [1.29, 1.82) is 0 Å². The predicted molar refractivity (Wildman–Crippen MR) is 82.6 cm³/mol. The van der Waals surface area contributed by atoms with Gasteiger partial charge in [-0.3, -0.25) is 4.79 Å². The summed E-state index contributed by atoms with van der Waals surface area (Å²) in [6.07, 6.45) is 2.34. The molecule has 0 spiro atoms. The molecule has 0 aliphatic carbocycles. The van der Waals surface area contributed by atoms with Gasteiger partial charge < -0.3 is 9.84 Å². The van der Waals surface area contributed by atoms with Crippen LogP contribution in [0.2, 0.25) is 0 Å². The third kappa shape index (κ3) is 5.13. The normalized spacial score (nSPS) is 10.7. The van der Waals surface area contributed by atoms with Crippen molar-refractivity contribution < 1.29 is 52.1 Å². The Hall–Kier alpha value is 0.0839. The number of carbonyl (C=O) groups excluding carboxylic acids is 2. The number of esters is 1. The van der Waals surface area contributed by atoms with Gasteiger partial charge in [0.05, 0.1) is 12.9 Å². The zero-order chi connectivity index (χ0) is 14.4. The number of hydrogen-bond donors (Lipinski definition) is 1. The van der Waals surface area contributed by atoms with E-state index in [1.807, 2.05) is 12.3 Å². The second-order valence-electron chi connectivity index (χ2n) is 3.44. The van der Waals surface area contributed by atoms with Crippen LogP contribution < -0.4 is 0 Å². The Morgan fingerprint density at radius 2 is 2.10 bits per heavy atom. The summed E-state index contributed by atoms with van der Waals surface area (Å²) in [5.41, 5.74) is 0.0203. The Labute approximate surface area is 160 Å². The maximum absolute atomic E-state index is 12.3. The Kier molecular flexibility index (Phi) is 9.96. The molecule has 0 saturated heterocycles. The summed E-state index contributed by atoms with van der Waals surface area (Å²) in [6, 6.07) is 5.35. The Bertz CT molecular complexity index is 531. The molecule has 0 aliphatic heterocycles. The Morgan fingerprint density at radius 3 is 2.60 bits per heavy atom. The van der Waals surface area contributed by atoms with Crippen molar-refractivity contribution in [3.63, 3.8) is 0 Å². The fourth-order valence-electron chi connectivity index (χ4n) is 1.42. The molecule has 7 heteroatoms. The van der Waals surface area contributed by atoms with Gasteiger partial charge in [-0.15, -0.1) is 11.8 Å². The zero-order valence-corrected chi connectivity index (χ0v) is 16.9. The molecule has 1 rings (SSSR count). The minimum absolute atomic E-state index is 0. The first-order valence-electron chi connectivity index (χ1n) is 5.44. The second kappa shape index (κ2) is 9.92. The second-order valence-corrected chi connectivity index (χ2v) is 5.53. The van der Waals surface area contributed by atoms with Crippen LogP contribution >= 0.6 is 34.4 Å². The maximum Gasteiger partial charge on any atom is 0.345 e. The van der Waals surface area contributed by atoms with E-state index in [2.05, 4.69) is 22.6 Å². The van der Waals surface area contributed by atoms with E-state index >= 15 is 0 Å². The van der Waals surface area contributed by atoms with E-state index in [0.29, 0.717) is 11.8 Å². The Balaban J connectivity index is 0.00000361. The van der Waals surface area contributed by atoms with E-state index in [1.165, 1.54) is 11.8 Å². The number of rotatable bonds is 5. The summed E-state index contributed by atoms with van der Waals surface area (Å²) in [7, 11) is 0. The van der Waals surface area contributed by atoms with Crippen LogP contribution in [-0.4, -0.2) is 29.7 Å². The number of ketones is 1. The molecule has 4 nitrogen and oxygen atoms in total. The molecule has 0 bridgehead atoms. The molecule has 0 aliphatic rings. The van der Waals surface area contributed by atoms with E-state index in [-0.39, 0.29) is 44.9 Å². The maximum atomic E-state index is 12.3. The topological polar surface area (TPSA) is 63.6 Å². The number of halogens is 1. The first-order chi connectivity index (χ1) is 9.04. The predicted octanol–water partition coefficient (Wildman–Crippen LogP) is 3.20. The van der Waals surface area contributed by atoms with Crippen LogP contribution in [0, 0.1) is 3.57 Å². The third-order valence-corrected chi connectivity index (χ3v) is 3.74. The number of aliphatic hydroxyl groups is 1. The molecule has 0 fully saturated rings. The zero-order valence-electron chi connectivity index (χ0n) is 11.1. The molecule has 0 heterocycles. The molecule has 0 atom stereocenters. The van der Waals surface area contributed by atoms with Crippen LogP contribution in [0.1, 0.15) is 17.3 Å². The number of thioether (sulfide) groups is 1. The number of Topliss-reactive ketones (excluding diaryl/α,β-unsaturated/α-hetero) is 1. The molecule has 105 valence electrons. The fourth-order valence-corrected chi connectivity index (χ4v) is 2.48. The van der Waals surface area contributed by atoms with E-state index in [4.69, 9.17) is 9.84 Å². The quantitative estimate of drug-likeness (QED) is 0.102. The average molecular weight is 481 g/mol. The van der Waals surface area contributed by atoms with E-state index in [0.717, 1.165) is 8.47 Å². The van der Waals surface area contributed by atoms with Gasteiger partial charge in [-0.2, -0.15) is 0 Å². The van der Waals surface area contributed by atoms with Crippen LogP contribution in [0.15, 0.2) is 34.9 Å². The molecule has 1 N–H and O–H groups in total. The molecular formula is C13H13IO4SY. The molecule has 1 aromatic rings. The fraction of sp³-hybridized carbons (Fsp3) is 0.231. The first kappa shape index (κ1) is 20.1. The van der Waals surface area contributed by atoms with Gasteiger partial charge in [0.2, 0.25) is 5.78 Å². The summed E-state index contributed by atoms with van der Waals surface area (Å²) in [5.74, 6) is -1.36. The molecule has 0 unspecified atom stereocenters. The SMILES string of the molecule is CCOC(=O)/C(=C/O)C(=O)c1cc(I)ccc1SC.[Y]. The van der Waals surface area contributed by atoms with Crippen LogP contribution in [0.5, 0.6) is 0 Å². The van der Waals surface area contributed by atoms with Gasteiger partial charge in [0, 0.05) is 46.7 Å². The molecule has 0 aromatic heterocycles. The first-order valence-corrected chi connectivity index (χ1v) is 7.75. The molecule has 1 radical (unpaired) electrons. The van der Waals surface area contributed by atoms with Crippen molar-refractivity contribution in [3.05, 3.63) is 39.2 Å².